The average molecular weight is 474 g/mol. The molecule has 3 aliphatic rings. The van der Waals surface area contributed by atoms with Crippen molar-refractivity contribution >= 4 is 6.09 Å². The molecule has 3 nitrogen and oxygen atoms in total. The number of rotatable bonds is 4. The minimum atomic E-state index is -0.0700. The van der Waals surface area contributed by atoms with E-state index in [1.165, 1.54) is 48.8 Å². The Balaban J connectivity index is 1.42. The van der Waals surface area contributed by atoms with Crippen LogP contribution < -0.4 is 0 Å². The molecule has 0 radical (unpaired) electrons. The number of hydrogen-bond acceptors (Lipinski definition) is 2. The number of aryl methyl sites for hydroxylation is 1. The van der Waals surface area contributed by atoms with Gasteiger partial charge in [0.2, 0.25) is 0 Å². The van der Waals surface area contributed by atoms with Gasteiger partial charge in [-0.25, -0.2) is 4.79 Å². The highest BCUT2D eigenvalue weighted by Crippen LogP contribution is 2.43. The van der Waals surface area contributed by atoms with Crippen LogP contribution in [0.4, 0.5) is 4.79 Å². The lowest BCUT2D eigenvalue weighted by atomic mass is 9.73. The molecule has 0 N–H and O–H groups in total. The van der Waals surface area contributed by atoms with Crippen molar-refractivity contribution in [3.8, 4) is 0 Å². The maximum absolute atomic E-state index is 14.0. The fourth-order valence-corrected chi connectivity index (χ4v) is 7.21. The molecule has 0 aromatic heterocycles. The Bertz CT molecular complexity index is 986. The number of carbonyl (C=O) groups excluding carboxylic acids is 1. The summed E-state index contributed by atoms with van der Waals surface area (Å²) in [6, 6.07) is 19.8. The predicted molar refractivity (Wildman–Crippen MR) is 142 cm³/mol. The summed E-state index contributed by atoms with van der Waals surface area (Å²) in [5.74, 6) is 2.71. The maximum atomic E-state index is 14.0. The zero-order chi connectivity index (χ0) is 24.4. The monoisotopic (exact) mass is 473 g/mol. The van der Waals surface area contributed by atoms with Gasteiger partial charge in [0.15, 0.2) is 0 Å². The second-order valence-corrected chi connectivity index (χ2v) is 11.9. The molecule has 1 amide bonds. The number of hydrogen-bond donors (Lipinski definition) is 0. The van der Waals surface area contributed by atoms with E-state index in [0.29, 0.717) is 29.6 Å². The molecular formula is C32H43NO2. The molecule has 1 saturated heterocycles. The molecule has 0 bridgehead atoms. The lowest BCUT2D eigenvalue weighted by molar-refractivity contribution is -0.0159. The van der Waals surface area contributed by atoms with Crippen molar-refractivity contribution in [1.29, 1.82) is 0 Å². The third-order valence-corrected chi connectivity index (χ3v) is 9.28. The highest BCUT2D eigenvalue weighted by molar-refractivity contribution is 5.68. The number of ether oxygens (including phenoxy) is 1. The summed E-state index contributed by atoms with van der Waals surface area (Å²) in [6.45, 7) is 7.67. The molecule has 1 heterocycles. The molecule has 2 aromatic carbocycles. The summed E-state index contributed by atoms with van der Waals surface area (Å²) in [5, 5.41) is 0. The van der Waals surface area contributed by atoms with Crippen LogP contribution in [0.3, 0.4) is 0 Å². The molecule has 6 atom stereocenters. The molecule has 2 aliphatic carbocycles. The first-order valence-electron chi connectivity index (χ1n) is 14.1. The van der Waals surface area contributed by atoms with Gasteiger partial charge in [-0.05, 0) is 85.3 Å². The van der Waals surface area contributed by atoms with Crippen LogP contribution in [0, 0.1) is 23.7 Å². The van der Waals surface area contributed by atoms with Gasteiger partial charge in [0, 0.05) is 18.5 Å². The summed E-state index contributed by atoms with van der Waals surface area (Å²) in [5.41, 5.74) is 4.25. The summed E-state index contributed by atoms with van der Waals surface area (Å²) in [6.07, 6.45) is 8.95. The zero-order valence-corrected chi connectivity index (χ0v) is 21.9. The molecule has 4 unspecified atom stereocenters. The van der Waals surface area contributed by atoms with Crippen LogP contribution in [-0.4, -0.2) is 29.7 Å². The van der Waals surface area contributed by atoms with Crippen LogP contribution in [-0.2, 0) is 17.6 Å². The van der Waals surface area contributed by atoms with Gasteiger partial charge in [-0.2, -0.15) is 0 Å². The van der Waals surface area contributed by atoms with Gasteiger partial charge in [0.1, 0.15) is 6.10 Å². The molecule has 1 aliphatic heterocycles. The zero-order valence-electron chi connectivity index (χ0n) is 21.9. The first kappa shape index (κ1) is 24.4. The number of fused-ring (bicyclic) bond motifs is 3. The molecule has 5 rings (SSSR count). The molecule has 2 aromatic rings. The third kappa shape index (κ3) is 5.44. The summed E-state index contributed by atoms with van der Waals surface area (Å²) < 4.78 is 6.45. The minimum absolute atomic E-state index is 0.0429. The molecule has 2 fully saturated rings. The third-order valence-electron chi connectivity index (χ3n) is 9.28. The van der Waals surface area contributed by atoms with E-state index < -0.39 is 0 Å². The van der Waals surface area contributed by atoms with Crippen molar-refractivity contribution in [3.05, 3.63) is 71.3 Å². The fourth-order valence-electron chi connectivity index (χ4n) is 7.21. The Morgan fingerprint density at radius 2 is 1.74 bits per heavy atom. The highest BCUT2D eigenvalue weighted by atomic mass is 16.6. The van der Waals surface area contributed by atoms with E-state index in [9.17, 15) is 4.79 Å². The molecular weight excluding hydrogens is 430 g/mol. The Kier molecular flexibility index (Phi) is 7.51. The topological polar surface area (TPSA) is 29.5 Å². The minimum Gasteiger partial charge on any atom is -0.446 e. The van der Waals surface area contributed by atoms with Crippen LogP contribution in [0.25, 0.3) is 0 Å². The highest BCUT2D eigenvalue weighted by Gasteiger charge is 2.40. The van der Waals surface area contributed by atoms with E-state index in [-0.39, 0.29) is 18.2 Å². The molecule has 188 valence electrons. The lowest BCUT2D eigenvalue weighted by Crippen LogP contribution is -2.46. The second-order valence-electron chi connectivity index (χ2n) is 11.9. The summed E-state index contributed by atoms with van der Waals surface area (Å²) >= 11 is 0. The molecule has 35 heavy (non-hydrogen) atoms. The number of carbonyl (C=O) groups is 1. The van der Waals surface area contributed by atoms with E-state index in [2.05, 4.69) is 80.3 Å². The second kappa shape index (κ2) is 10.8. The van der Waals surface area contributed by atoms with Crippen LogP contribution in [0.15, 0.2) is 54.6 Å². The van der Waals surface area contributed by atoms with Gasteiger partial charge in [-0.3, -0.25) is 0 Å². The van der Waals surface area contributed by atoms with Gasteiger partial charge in [0.25, 0.3) is 0 Å². The SMILES string of the molecule is CC1CCC(C(C)C)C(OC(=O)N2C[C@@H]3c4ccccc4CC[C@@H]3CCC2Cc2ccccc2)C1. The number of amides is 1. The fraction of sp³-hybridized carbons (Fsp3) is 0.594. The smallest absolute Gasteiger partial charge is 0.410 e. The number of nitrogens with zero attached hydrogens (tertiary/aromatic N) is 1. The van der Waals surface area contributed by atoms with Crippen LogP contribution >= 0.6 is 0 Å². The van der Waals surface area contributed by atoms with E-state index in [1.807, 2.05) is 0 Å². The van der Waals surface area contributed by atoms with Gasteiger partial charge in [-0.15, -0.1) is 0 Å². The Labute approximate surface area is 212 Å². The van der Waals surface area contributed by atoms with Gasteiger partial charge >= 0.3 is 6.09 Å². The standard InChI is InChI=1S/C32H43NO2/c1-22(2)28-18-13-23(3)19-31(28)35-32(34)33-21-30-26(15-14-25-11-7-8-12-29(25)30)16-17-27(33)20-24-9-5-4-6-10-24/h4-12,22-23,26-28,30-31H,13-21H2,1-3H3/t23?,26-,27?,28?,30+,31?/m1/s1. The quantitative estimate of drug-likeness (QED) is 0.457. The van der Waals surface area contributed by atoms with Crippen molar-refractivity contribution in [1.82, 2.24) is 4.90 Å². The van der Waals surface area contributed by atoms with Gasteiger partial charge in [0.05, 0.1) is 0 Å². The largest absolute Gasteiger partial charge is 0.446 e. The summed E-state index contributed by atoms with van der Waals surface area (Å²) in [4.78, 5) is 16.1. The first-order chi connectivity index (χ1) is 17.0. The van der Waals surface area contributed by atoms with E-state index in [4.69, 9.17) is 4.74 Å². The Morgan fingerprint density at radius 3 is 2.54 bits per heavy atom. The van der Waals surface area contributed by atoms with Crippen molar-refractivity contribution < 1.29 is 9.53 Å². The average Bonchev–Trinajstić information content (AvgIpc) is 3.04. The van der Waals surface area contributed by atoms with Crippen LogP contribution in [0.5, 0.6) is 0 Å². The number of likely N-dealkylation sites (tertiary alicyclic amines) is 1. The maximum Gasteiger partial charge on any atom is 0.410 e. The Hall–Kier alpha value is -2.29. The number of benzene rings is 2. The van der Waals surface area contributed by atoms with Crippen molar-refractivity contribution in [2.24, 2.45) is 23.7 Å². The van der Waals surface area contributed by atoms with Crippen molar-refractivity contribution in [2.45, 2.75) is 90.2 Å². The van der Waals surface area contributed by atoms with Gasteiger partial charge < -0.3 is 9.64 Å². The van der Waals surface area contributed by atoms with Crippen LogP contribution in [0.2, 0.25) is 0 Å². The Morgan fingerprint density at radius 1 is 0.971 bits per heavy atom. The lowest BCUT2D eigenvalue weighted by Gasteiger charge is -2.40. The van der Waals surface area contributed by atoms with Crippen molar-refractivity contribution in [3.63, 3.8) is 0 Å². The normalized spacial score (nSPS) is 30.8. The van der Waals surface area contributed by atoms with Gasteiger partial charge in [-0.1, -0.05) is 81.8 Å². The van der Waals surface area contributed by atoms with E-state index in [0.717, 1.165) is 25.8 Å². The van der Waals surface area contributed by atoms with Crippen molar-refractivity contribution in [2.75, 3.05) is 6.54 Å². The van der Waals surface area contributed by atoms with Crippen LogP contribution in [0.1, 0.15) is 81.9 Å². The molecule has 0 spiro atoms. The van der Waals surface area contributed by atoms with E-state index >= 15 is 0 Å². The van der Waals surface area contributed by atoms with E-state index in [1.54, 1.807) is 0 Å². The predicted octanol–water partition coefficient (Wildman–Crippen LogP) is 7.64. The molecule has 1 saturated carbocycles. The molecule has 3 heteroatoms. The first-order valence-corrected chi connectivity index (χ1v) is 14.1. The summed E-state index contributed by atoms with van der Waals surface area (Å²) in [7, 11) is 0.